The molecule has 2 aromatic carbocycles. The first-order valence-electron chi connectivity index (χ1n) is 6.64. The fourth-order valence-electron chi connectivity index (χ4n) is 2.87. The van der Waals surface area contributed by atoms with Crippen molar-refractivity contribution in [2.75, 3.05) is 5.32 Å². The van der Waals surface area contributed by atoms with Gasteiger partial charge in [-0.25, -0.2) is 4.39 Å². The Morgan fingerprint density at radius 3 is 2.62 bits per heavy atom. The number of hydrogen-bond donors (Lipinski definition) is 2. The van der Waals surface area contributed by atoms with E-state index >= 15 is 0 Å². The zero-order valence-corrected chi connectivity index (χ0v) is 12.0. The highest BCUT2D eigenvalue weighted by molar-refractivity contribution is 6.30. The van der Waals surface area contributed by atoms with Gasteiger partial charge in [-0.15, -0.1) is 0 Å². The second-order valence-corrected chi connectivity index (χ2v) is 5.64. The van der Waals surface area contributed by atoms with Gasteiger partial charge in [-0.2, -0.15) is 0 Å². The molecule has 1 unspecified atom stereocenters. The maximum atomic E-state index is 13.3. The predicted molar refractivity (Wildman–Crippen MR) is 80.7 cm³/mol. The van der Waals surface area contributed by atoms with E-state index in [-0.39, 0.29) is 5.82 Å². The Morgan fingerprint density at radius 2 is 1.95 bits per heavy atom. The van der Waals surface area contributed by atoms with Crippen molar-refractivity contribution in [1.82, 2.24) is 0 Å². The molecule has 0 saturated heterocycles. The molecule has 21 heavy (non-hydrogen) atoms. The number of hydrogen-bond acceptors (Lipinski definition) is 2. The van der Waals surface area contributed by atoms with Gasteiger partial charge in [-0.05, 0) is 60.4 Å². The van der Waals surface area contributed by atoms with Gasteiger partial charge in [-0.1, -0.05) is 17.7 Å². The molecular weight excluding hydrogens is 291 g/mol. The summed E-state index contributed by atoms with van der Waals surface area (Å²) in [6.45, 7) is 0. The zero-order valence-electron chi connectivity index (χ0n) is 11.2. The van der Waals surface area contributed by atoms with E-state index in [1.54, 1.807) is 30.3 Å². The lowest BCUT2D eigenvalue weighted by atomic mass is 9.90. The lowest BCUT2D eigenvalue weighted by Crippen LogP contribution is -2.46. The van der Waals surface area contributed by atoms with E-state index in [2.05, 4.69) is 5.32 Å². The third kappa shape index (κ3) is 2.36. The lowest BCUT2D eigenvalue weighted by molar-refractivity contribution is -0.122. The summed E-state index contributed by atoms with van der Waals surface area (Å²) in [5.74, 6) is -0.775. The number of nitrogens with two attached hydrogens (primary N) is 1. The Labute approximate surface area is 126 Å². The minimum absolute atomic E-state index is 0.305. The van der Waals surface area contributed by atoms with Crippen LogP contribution in [-0.2, 0) is 16.8 Å². The van der Waals surface area contributed by atoms with Gasteiger partial charge in [0.05, 0.1) is 0 Å². The first kappa shape index (κ1) is 13.9. The Kier molecular flexibility index (Phi) is 3.33. The molecule has 5 heteroatoms. The molecule has 0 saturated carbocycles. The quantitative estimate of drug-likeness (QED) is 0.915. The fraction of sp³-hybridized carbons (Fsp3) is 0.188. The van der Waals surface area contributed by atoms with Crippen LogP contribution in [0.1, 0.15) is 17.5 Å². The van der Waals surface area contributed by atoms with Gasteiger partial charge in [0, 0.05) is 10.7 Å². The van der Waals surface area contributed by atoms with Crippen LogP contribution in [0.15, 0.2) is 42.5 Å². The molecule has 108 valence electrons. The average molecular weight is 305 g/mol. The number of aryl methyl sites for hydroxylation is 1. The van der Waals surface area contributed by atoms with Crippen LogP contribution in [0.25, 0.3) is 0 Å². The molecule has 0 radical (unpaired) electrons. The third-order valence-corrected chi connectivity index (χ3v) is 4.17. The Hall–Kier alpha value is -2.07. The zero-order chi connectivity index (χ0) is 15.0. The Morgan fingerprint density at radius 1 is 1.24 bits per heavy atom. The lowest BCUT2D eigenvalue weighted by Gasteiger charge is -2.29. The van der Waals surface area contributed by atoms with Crippen LogP contribution in [0.3, 0.4) is 0 Å². The van der Waals surface area contributed by atoms with Gasteiger partial charge in [0.25, 0.3) is 0 Å². The number of amides is 1. The maximum absolute atomic E-state index is 13.3. The van der Waals surface area contributed by atoms with Gasteiger partial charge in [0.1, 0.15) is 11.4 Å². The molecule has 0 aromatic heterocycles. The van der Waals surface area contributed by atoms with E-state index in [9.17, 15) is 9.18 Å². The summed E-state index contributed by atoms with van der Waals surface area (Å²) >= 11 is 5.86. The topological polar surface area (TPSA) is 55.1 Å². The largest absolute Gasteiger partial charge is 0.368 e. The summed E-state index contributed by atoms with van der Waals surface area (Å²) in [7, 11) is 0. The molecule has 3 N–H and O–H groups in total. The number of carbonyl (C=O) groups excluding carboxylic acids is 1. The van der Waals surface area contributed by atoms with Crippen molar-refractivity contribution in [1.29, 1.82) is 0 Å². The normalized spacial score (nSPS) is 20.1. The Bertz CT molecular complexity index is 702. The number of benzene rings is 2. The van der Waals surface area contributed by atoms with Crippen LogP contribution >= 0.6 is 11.6 Å². The number of fused-ring (bicyclic) bond motifs is 1. The monoisotopic (exact) mass is 304 g/mol. The third-order valence-electron chi connectivity index (χ3n) is 3.92. The molecule has 1 amide bonds. The van der Waals surface area contributed by atoms with Gasteiger partial charge in [-0.3, -0.25) is 4.79 Å². The van der Waals surface area contributed by atoms with Crippen molar-refractivity contribution >= 4 is 23.2 Å². The summed E-state index contributed by atoms with van der Waals surface area (Å²) < 4.78 is 13.3. The van der Waals surface area contributed by atoms with Crippen LogP contribution in [-0.4, -0.2) is 5.91 Å². The number of anilines is 1. The Balaban J connectivity index is 2.03. The first-order chi connectivity index (χ1) is 10.0. The molecule has 3 rings (SSSR count). The second kappa shape index (κ2) is 5.04. The van der Waals surface area contributed by atoms with E-state index in [1.807, 2.05) is 0 Å². The SMILES string of the molecule is NC(=O)C1(Nc2ccc(Cl)cc2)CCc2cc(F)ccc21. The highest BCUT2D eigenvalue weighted by atomic mass is 35.5. The van der Waals surface area contributed by atoms with E-state index < -0.39 is 11.4 Å². The van der Waals surface area contributed by atoms with Crippen LogP contribution in [0.2, 0.25) is 5.02 Å². The van der Waals surface area contributed by atoms with Crippen molar-refractivity contribution in [2.45, 2.75) is 18.4 Å². The van der Waals surface area contributed by atoms with E-state index in [4.69, 9.17) is 17.3 Å². The second-order valence-electron chi connectivity index (χ2n) is 5.20. The van der Waals surface area contributed by atoms with Crippen LogP contribution < -0.4 is 11.1 Å². The molecule has 0 spiro atoms. The number of primary amides is 1. The molecule has 0 fully saturated rings. The molecule has 1 atom stereocenters. The number of rotatable bonds is 3. The summed E-state index contributed by atoms with van der Waals surface area (Å²) in [4.78, 5) is 12.1. The maximum Gasteiger partial charge on any atom is 0.247 e. The molecule has 0 heterocycles. The smallest absolute Gasteiger partial charge is 0.247 e. The minimum atomic E-state index is -1.00. The van der Waals surface area contributed by atoms with Crippen LogP contribution in [0, 0.1) is 5.82 Å². The molecule has 2 aromatic rings. The van der Waals surface area contributed by atoms with Gasteiger partial charge >= 0.3 is 0 Å². The van der Waals surface area contributed by atoms with Crippen LogP contribution in [0.5, 0.6) is 0 Å². The van der Waals surface area contributed by atoms with Gasteiger partial charge in [0.2, 0.25) is 5.91 Å². The highest BCUT2D eigenvalue weighted by Gasteiger charge is 2.44. The van der Waals surface area contributed by atoms with E-state index in [0.29, 0.717) is 17.9 Å². The van der Waals surface area contributed by atoms with Gasteiger partial charge in [0.15, 0.2) is 0 Å². The minimum Gasteiger partial charge on any atom is -0.368 e. The molecule has 1 aliphatic rings. The summed E-state index contributed by atoms with van der Waals surface area (Å²) in [5, 5.41) is 3.81. The van der Waals surface area contributed by atoms with Crippen molar-refractivity contribution in [2.24, 2.45) is 5.73 Å². The number of nitrogens with one attached hydrogen (secondary N) is 1. The van der Waals surface area contributed by atoms with E-state index in [0.717, 1.165) is 16.8 Å². The van der Waals surface area contributed by atoms with Crippen LogP contribution in [0.4, 0.5) is 10.1 Å². The number of halogens is 2. The first-order valence-corrected chi connectivity index (χ1v) is 7.02. The highest BCUT2D eigenvalue weighted by Crippen LogP contribution is 2.40. The fourth-order valence-corrected chi connectivity index (χ4v) is 3.00. The molecular formula is C16H14ClFN2O. The van der Waals surface area contributed by atoms with Crippen molar-refractivity contribution in [3.05, 3.63) is 64.4 Å². The average Bonchev–Trinajstić information content (AvgIpc) is 2.81. The van der Waals surface area contributed by atoms with Gasteiger partial charge < -0.3 is 11.1 Å². The predicted octanol–water partition coefficient (Wildman–Crippen LogP) is 3.22. The summed E-state index contributed by atoms with van der Waals surface area (Å²) in [6, 6.07) is 11.5. The van der Waals surface area contributed by atoms with E-state index in [1.165, 1.54) is 12.1 Å². The molecule has 3 nitrogen and oxygen atoms in total. The molecule has 0 bridgehead atoms. The molecule has 1 aliphatic carbocycles. The number of carbonyl (C=O) groups is 1. The summed E-state index contributed by atoms with van der Waals surface area (Å²) in [5.41, 5.74) is 6.94. The molecule has 0 aliphatic heterocycles. The van der Waals surface area contributed by atoms with Crippen molar-refractivity contribution in [3.63, 3.8) is 0 Å². The van der Waals surface area contributed by atoms with Crippen molar-refractivity contribution < 1.29 is 9.18 Å². The standard InChI is InChI=1S/C16H14ClFN2O/c17-11-1-4-13(5-2-11)20-16(15(19)21)8-7-10-9-12(18)3-6-14(10)16/h1-6,9,20H,7-8H2,(H2,19,21). The summed E-state index contributed by atoms with van der Waals surface area (Å²) in [6.07, 6.45) is 1.11. The van der Waals surface area contributed by atoms with Crippen molar-refractivity contribution in [3.8, 4) is 0 Å².